The average molecular weight is 497 g/mol. The molecule has 0 spiro atoms. The van der Waals surface area contributed by atoms with Crippen LogP contribution in [0.2, 0.25) is 0 Å². The van der Waals surface area contributed by atoms with E-state index in [-0.39, 0.29) is 23.7 Å². The number of carbonyl (C=O) groups is 2. The molecule has 0 saturated heterocycles. The van der Waals surface area contributed by atoms with Crippen molar-refractivity contribution < 1.29 is 32.8 Å². The third kappa shape index (κ3) is 10.1. The molecule has 0 heterocycles. The molecule has 2 unspecified atom stereocenters. The number of hydrogen-bond acceptors (Lipinski definition) is 4. The molecule has 0 fully saturated rings. The van der Waals surface area contributed by atoms with E-state index in [1.807, 2.05) is 6.07 Å². The Kier molecular flexibility index (Phi) is 12.0. The summed E-state index contributed by atoms with van der Waals surface area (Å²) >= 11 is 0. The first-order chi connectivity index (χ1) is 16.2. The fraction of sp³-hybridized carbons (Fsp3) is 0.692. The van der Waals surface area contributed by atoms with E-state index in [1.165, 1.54) is 11.6 Å². The van der Waals surface area contributed by atoms with Crippen LogP contribution in [-0.2, 0) is 19.7 Å². The Bertz CT molecular complexity index is 894. The number of aliphatic carboxylic acids is 2. The quantitative estimate of drug-likeness (QED) is 0.165. The smallest absolute Gasteiger partial charge is 0.303 e. The van der Waals surface area contributed by atoms with Gasteiger partial charge in [0.25, 0.3) is 10.1 Å². The van der Waals surface area contributed by atoms with E-state index in [4.69, 9.17) is 10.2 Å². The van der Waals surface area contributed by atoms with Crippen molar-refractivity contribution in [3.8, 4) is 0 Å². The summed E-state index contributed by atoms with van der Waals surface area (Å²) in [6.07, 6.45) is 14.1. The van der Waals surface area contributed by atoms with Crippen LogP contribution in [-0.4, -0.2) is 35.1 Å². The van der Waals surface area contributed by atoms with Gasteiger partial charge in [0.2, 0.25) is 0 Å². The molecule has 0 aromatic heterocycles. The standard InChI is InChI=1S/C26H40O7S/c27-25(28)13-9-4-2-1-3-7-11-20-15-16-21(12-8-5-6-10-14-26(29)30)24-19-22(34(31,32)33)17-18-23(20)24/h17-21H,1-16H2,(H,27,28)(H,29,30)(H,31,32,33). The maximum Gasteiger partial charge on any atom is 0.303 e. The Morgan fingerprint density at radius 3 is 1.62 bits per heavy atom. The van der Waals surface area contributed by atoms with Crippen molar-refractivity contribution in [2.75, 3.05) is 0 Å². The van der Waals surface area contributed by atoms with Gasteiger partial charge in [-0.3, -0.25) is 14.1 Å². The van der Waals surface area contributed by atoms with Gasteiger partial charge in [-0.1, -0.05) is 57.4 Å². The van der Waals surface area contributed by atoms with Gasteiger partial charge in [-0.25, -0.2) is 0 Å². The van der Waals surface area contributed by atoms with E-state index in [0.29, 0.717) is 12.3 Å². The minimum Gasteiger partial charge on any atom is -0.481 e. The zero-order chi connectivity index (χ0) is 25.0. The van der Waals surface area contributed by atoms with Gasteiger partial charge in [0, 0.05) is 12.8 Å². The number of unbranched alkanes of at least 4 members (excludes halogenated alkanes) is 8. The molecule has 34 heavy (non-hydrogen) atoms. The molecule has 2 atom stereocenters. The molecule has 0 bridgehead atoms. The van der Waals surface area contributed by atoms with Crippen molar-refractivity contribution in [1.29, 1.82) is 0 Å². The third-order valence-electron chi connectivity index (χ3n) is 6.99. The summed E-state index contributed by atoms with van der Waals surface area (Å²) in [6.45, 7) is 0. The van der Waals surface area contributed by atoms with Crippen LogP contribution in [0.3, 0.4) is 0 Å². The molecule has 1 aliphatic rings. The number of carboxylic acid groups (broad SMARTS) is 2. The minimum atomic E-state index is -4.25. The molecule has 192 valence electrons. The molecule has 1 aromatic rings. The highest BCUT2D eigenvalue weighted by molar-refractivity contribution is 7.85. The Labute approximate surface area is 203 Å². The van der Waals surface area contributed by atoms with Crippen molar-refractivity contribution in [2.24, 2.45) is 0 Å². The fourth-order valence-corrected chi connectivity index (χ4v) is 5.66. The number of benzene rings is 1. The lowest BCUT2D eigenvalue weighted by Gasteiger charge is -2.32. The first-order valence-corrected chi connectivity index (χ1v) is 14.2. The Balaban J connectivity index is 1.90. The van der Waals surface area contributed by atoms with Gasteiger partial charge in [0.1, 0.15) is 0 Å². The number of hydrogen-bond donors (Lipinski definition) is 3. The van der Waals surface area contributed by atoms with Crippen LogP contribution in [0.25, 0.3) is 0 Å². The molecule has 1 aromatic carbocycles. The molecule has 8 heteroatoms. The summed E-state index contributed by atoms with van der Waals surface area (Å²) in [4.78, 5) is 21.2. The van der Waals surface area contributed by atoms with Gasteiger partial charge in [0.05, 0.1) is 4.90 Å². The van der Waals surface area contributed by atoms with Crippen LogP contribution >= 0.6 is 0 Å². The Hall–Kier alpha value is -1.93. The van der Waals surface area contributed by atoms with Crippen LogP contribution in [0.4, 0.5) is 0 Å². The highest BCUT2D eigenvalue weighted by Crippen LogP contribution is 2.44. The van der Waals surface area contributed by atoms with Crippen molar-refractivity contribution >= 4 is 22.1 Å². The lowest BCUT2D eigenvalue weighted by molar-refractivity contribution is -0.138. The van der Waals surface area contributed by atoms with E-state index in [0.717, 1.165) is 89.0 Å². The monoisotopic (exact) mass is 496 g/mol. The first kappa shape index (κ1) is 28.3. The van der Waals surface area contributed by atoms with Crippen molar-refractivity contribution in [2.45, 2.75) is 119 Å². The molecule has 3 N–H and O–H groups in total. The Morgan fingerprint density at radius 2 is 1.15 bits per heavy atom. The highest BCUT2D eigenvalue weighted by Gasteiger charge is 2.28. The van der Waals surface area contributed by atoms with Crippen LogP contribution < -0.4 is 0 Å². The topological polar surface area (TPSA) is 129 Å². The second-order valence-corrected chi connectivity index (χ2v) is 11.1. The lowest BCUT2D eigenvalue weighted by Crippen LogP contribution is -2.16. The summed E-state index contributed by atoms with van der Waals surface area (Å²) in [7, 11) is -4.25. The molecule has 0 radical (unpaired) electrons. The van der Waals surface area contributed by atoms with E-state index in [9.17, 15) is 22.6 Å². The van der Waals surface area contributed by atoms with Gasteiger partial charge < -0.3 is 10.2 Å². The summed E-state index contributed by atoms with van der Waals surface area (Å²) in [6, 6.07) is 5.06. The predicted octanol–water partition coefficient (Wildman–Crippen LogP) is 6.52. The summed E-state index contributed by atoms with van der Waals surface area (Å²) in [5, 5.41) is 17.4. The lowest BCUT2D eigenvalue weighted by atomic mass is 9.73. The van der Waals surface area contributed by atoms with Gasteiger partial charge in [-0.2, -0.15) is 8.42 Å². The third-order valence-corrected chi connectivity index (χ3v) is 7.84. The molecular weight excluding hydrogens is 456 g/mol. The molecule has 1 aliphatic carbocycles. The van der Waals surface area contributed by atoms with Gasteiger partial charge in [-0.15, -0.1) is 0 Å². The number of carboxylic acids is 2. The SMILES string of the molecule is O=C(O)CCCCCCCCC1CCC(CCCCCCC(=O)O)c2cc(S(=O)(=O)O)ccc21. The molecule has 7 nitrogen and oxygen atoms in total. The van der Waals surface area contributed by atoms with Crippen molar-refractivity contribution in [3.63, 3.8) is 0 Å². The maximum absolute atomic E-state index is 11.7. The van der Waals surface area contributed by atoms with Crippen molar-refractivity contribution in [1.82, 2.24) is 0 Å². The second kappa shape index (κ2) is 14.5. The van der Waals surface area contributed by atoms with E-state index in [1.54, 1.807) is 6.07 Å². The first-order valence-electron chi connectivity index (χ1n) is 12.7. The van der Waals surface area contributed by atoms with Crippen LogP contribution in [0.15, 0.2) is 23.1 Å². The number of rotatable bonds is 17. The molecule has 0 aliphatic heterocycles. The predicted molar refractivity (Wildman–Crippen MR) is 131 cm³/mol. The van der Waals surface area contributed by atoms with Gasteiger partial charge in [0.15, 0.2) is 0 Å². The van der Waals surface area contributed by atoms with Crippen molar-refractivity contribution in [3.05, 3.63) is 29.3 Å². The highest BCUT2D eigenvalue weighted by atomic mass is 32.2. The van der Waals surface area contributed by atoms with Crippen LogP contribution in [0.1, 0.15) is 126 Å². The summed E-state index contributed by atoms with van der Waals surface area (Å²) in [5.41, 5.74) is 2.25. The largest absolute Gasteiger partial charge is 0.481 e. The van der Waals surface area contributed by atoms with E-state index < -0.39 is 22.1 Å². The zero-order valence-electron chi connectivity index (χ0n) is 20.1. The average Bonchev–Trinajstić information content (AvgIpc) is 2.77. The van der Waals surface area contributed by atoms with Crippen LogP contribution in [0.5, 0.6) is 0 Å². The van der Waals surface area contributed by atoms with Crippen LogP contribution in [0, 0.1) is 0 Å². The zero-order valence-corrected chi connectivity index (χ0v) is 20.9. The molecular formula is C26H40O7S. The van der Waals surface area contributed by atoms with E-state index >= 15 is 0 Å². The van der Waals surface area contributed by atoms with E-state index in [2.05, 4.69) is 0 Å². The van der Waals surface area contributed by atoms with Gasteiger partial charge in [-0.05, 0) is 73.6 Å². The molecule has 0 amide bonds. The number of fused-ring (bicyclic) bond motifs is 1. The second-order valence-electron chi connectivity index (χ2n) is 9.64. The summed E-state index contributed by atoms with van der Waals surface area (Å²) in [5.74, 6) is -0.835. The summed E-state index contributed by atoms with van der Waals surface area (Å²) < 4.78 is 33.0. The Morgan fingerprint density at radius 1 is 0.706 bits per heavy atom. The maximum atomic E-state index is 11.7. The normalized spacial score (nSPS) is 17.9. The molecule has 0 saturated carbocycles. The molecule has 2 rings (SSSR count). The minimum absolute atomic E-state index is 0.0419. The van der Waals surface area contributed by atoms with Gasteiger partial charge >= 0.3 is 11.9 Å². The fourth-order valence-electron chi connectivity index (χ4n) is 5.15.